The van der Waals surface area contributed by atoms with Crippen LogP contribution in [0.1, 0.15) is 43.7 Å². The number of piperazine rings is 1. The van der Waals surface area contributed by atoms with Crippen LogP contribution in [0.4, 0.5) is 5.69 Å². The SMILES string of the molecule is Cc1cc(C(=O)O)cc(C)c1C1=c2cc3c(cc2[Si](C)(C)c2cc(N4CCN(Cc5ccc(S(=O)(=O)O)cc5S(=O)(=O)O)CC4)ccc21)=[N+](C)CC3. The van der Waals surface area contributed by atoms with Crippen molar-refractivity contribution in [3.8, 4) is 0 Å². The molecule has 3 heterocycles. The first-order valence-corrected chi connectivity index (χ1v) is 23.0. The standard InChI is InChI=1S/C38H41N3O8S2Si/c1-23-16-27(38(42)43)17-24(2)36(23)37-30-9-7-28(19-34(30)52(4,5)35-21-32-25(18-31(35)37)10-11-39(32)3)41-14-12-40(13-15-41)22-26-6-8-29(50(44,45)46)20-33(26)51(47,48)49/h6-9,16-21H,10-15,22H2,1-5H3,(H2-,42,43,44,45,46,47,48,49)/p+1. The summed E-state index contributed by atoms with van der Waals surface area (Å²) in [4.78, 5) is 15.2. The molecule has 0 aliphatic carbocycles. The molecular weight excluding hydrogens is 719 g/mol. The van der Waals surface area contributed by atoms with Crippen molar-refractivity contribution in [3.05, 3.63) is 110 Å². The van der Waals surface area contributed by atoms with Crippen molar-refractivity contribution >= 4 is 55.9 Å². The van der Waals surface area contributed by atoms with Crippen molar-refractivity contribution in [3.63, 3.8) is 0 Å². The van der Waals surface area contributed by atoms with Crippen LogP contribution < -0.4 is 30.4 Å². The number of hydrogen-bond donors (Lipinski definition) is 3. The topological polar surface area (TPSA) is 156 Å². The number of anilines is 1. The molecular formula is C38H42N3O8S2Si+. The smallest absolute Gasteiger partial charge is 0.335 e. The van der Waals surface area contributed by atoms with Gasteiger partial charge in [0.05, 0.1) is 15.4 Å². The summed E-state index contributed by atoms with van der Waals surface area (Å²) in [7, 11) is -9.52. The van der Waals surface area contributed by atoms with E-state index in [0.717, 1.165) is 53.0 Å². The third kappa shape index (κ3) is 6.30. The number of nitrogens with zero attached hydrogens (tertiary/aromatic N) is 3. The Morgan fingerprint density at radius 3 is 2.13 bits per heavy atom. The third-order valence-electron chi connectivity index (χ3n) is 11.0. The molecule has 14 heteroatoms. The molecule has 0 radical (unpaired) electrons. The van der Waals surface area contributed by atoms with Crippen molar-refractivity contribution in [2.24, 2.45) is 0 Å². The van der Waals surface area contributed by atoms with E-state index in [9.17, 15) is 35.8 Å². The van der Waals surface area contributed by atoms with E-state index in [1.807, 2.05) is 13.8 Å². The molecule has 0 unspecified atom stereocenters. The molecule has 52 heavy (non-hydrogen) atoms. The molecule has 1 fully saturated rings. The van der Waals surface area contributed by atoms with Gasteiger partial charge in [-0.2, -0.15) is 16.8 Å². The molecule has 0 spiro atoms. The highest BCUT2D eigenvalue weighted by Gasteiger charge is 2.38. The number of fused-ring (bicyclic) bond motifs is 3. The average Bonchev–Trinajstić information content (AvgIpc) is 3.43. The van der Waals surface area contributed by atoms with Gasteiger partial charge in [-0.05, 0) is 105 Å². The number of carbonyl (C=O) groups is 1. The molecule has 272 valence electrons. The van der Waals surface area contributed by atoms with Crippen LogP contribution >= 0.6 is 0 Å². The summed E-state index contributed by atoms with van der Waals surface area (Å²) in [5.41, 5.74) is 8.18. The summed E-state index contributed by atoms with van der Waals surface area (Å²) < 4.78 is 69.1. The van der Waals surface area contributed by atoms with Crippen LogP contribution in [0.2, 0.25) is 13.1 Å². The zero-order valence-electron chi connectivity index (χ0n) is 29.8. The highest BCUT2D eigenvalue weighted by Crippen LogP contribution is 2.32. The Morgan fingerprint density at radius 1 is 0.846 bits per heavy atom. The highest BCUT2D eigenvalue weighted by atomic mass is 32.2. The largest absolute Gasteiger partial charge is 0.478 e. The Hall–Kier alpha value is -4.18. The summed E-state index contributed by atoms with van der Waals surface area (Å²) in [6.07, 6.45) is 0.981. The van der Waals surface area contributed by atoms with Gasteiger partial charge >= 0.3 is 5.97 Å². The second-order valence-electron chi connectivity index (χ2n) is 14.7. The molecule has 3 aliphatic rings. The summed E-state index contributed by atoms with van der Waals surface area (Å²) in [6, 6.07) is 18.3. The molecule has 0 aromatic heterocycles. The molecule has 0 saturated carbocycles. The van der Waals surface area contributed by atoms with E-state index >= 15 is 0 Å². The van der Waals surface area contributed by atoms with Gasteiger partial charge in [0.25, 0.3) is 20.2 Å². The Balaban J connectivity index is 1.26. The lowest BCUT2D eigenvalue weighted by Gasteiger charge is -2.38. The molecule has 4 aromatic rings. The zero-order chi connectivity index (χ0) is 37.5. The van der Waals surface area contributed by atoms with Gasteiger partial charge in [-0.3, -0.25) is 14.0 Å². The minimum absolute atomic E-state index is 0.173. The number of carboxylic acid groups (broad SMARTS) is 1. The number of likely N-dealkylation sites (N-methyl/N-ethyl adjacent to an activating group) is 1. The van der Waals surface area contributed by atoms with Gasteiger partial charge < -0.3 is 10.0 Å². The zero-order valence-corrected chi connectivity index (χ0v) is 32.4. The summed E-state index contributed by atoms with van der Waals surface area (Å²) in [6.45, 7) is 12.4. The number of rotatable bonds is 7. The maximum absolute atomic E-state index is 12.2. The molecule has 1 saturated heterocycles. The van der Waals surface area contributed by atoms with E-state index in [4.69, 9.17) is 0 Å². The van der Waals surface area contributed by atoms with Crippen LogP contribution in [0.25, 0.3) is 5.57 Å². The first-order chi connectivity index (χ1) is 24.3. The lowest BCUT2D eigenvalue weighted by molar-refractivity contribution is 0.0696. The van der Waals surface area contributed by atoms with Crippen molar-refractivity contribution in [1.82, 2.24) is 9.48 Å². The second-order valence-corrected chi connectivity index (χ2v) is 21.8. The summed E-state index contributed by atoms with van der Waals surface area (Å²) in [5, 5.41) is 15.0. The second kappa shape index (κ2) is 12.7. The lowest BCUT2D eigenvalue weighted by atomic mass is 9.87. The first kappa shape index (κ1) is 36.2. The molecule has 0 amide bonds. The van der Waals surface area contributed by atoms with E-state index < -0.39 is 44.1 Å². The number of aromatic carboxylic acids is 1. The number of aryl methyl sites for hydroxylation is 2. The molecule has 11 nitrogen and oxygen atoms in total. The monoisotopic (exact) mass is 760 g/mol. The summed E-state index contributed by atoms with van der Waals surface area (Å²) >= 11 is 0. The van der Waals surface area contributed by atoms with Gasteiger partial charge in [0.1, 0.15) is 21.7 Å². The van der Waals surface area contributed by atoms with Crippen molar-refractivity contribution < 1.29 is 35.8 Å². The van der Waals surface area contributed by atoms with Crippen molar-refractivity contribution in [2.75, 3.05) is 44.7 Å². The van der Waals surface area contributed by atoms with Gasteiger partial charge in [0, 0.05) is 56.5 Å². The Bertz CT molecular complexity index is 2540. The fourth-order valence-corrected chi connectivity index (χ4v) is 12.7. The fraction of sp³-hybridized carbons (Fsp3) is 0.316. The van der Waals surface area contributed by atoms with Crippen molar-refractivity contribution in [2.45, 2.75) is 49.7 Å². The summed E-state index contributed by atoms with van der Waals surface area (Å²) in [5.74, 6) is -0.944. The molecule has 4 aromatic carbocycles. The fourth-order valence-electron chi connectivity index (χ4n) is 8.30. The van der Waals surface area contributed by atoms with Crippen LogP contribution in [0, 0.1) is 13.8 Å². The lowest BCUT2D eigenvalue weighted by Crippen LogP contribution is -2.64. The Labute approximate surface area is 304 Å². The Morgan fingerprint density at radius 2 is 1.52 bits per heavy atom. The number of carboxylic acids is 1. The van der Waals surface area contributed by atoms with Crippen molar-refractivity contribution in [1.29, 1.82) is 0 Å². The van der Waals surface area contributed by atoms with Gasteiger partial charge in [-0.1, -0.05) is 25.2 Å². The number of hydrogen-bond acceptors (Lipinski definition) is 7. The maximum atomic E-state index is 12.2. The van der Waals surface area contributed by atoms with E-state index in [1.165, 1.54) is 38.1 Å². The maximum Gasteiger partial charge on any atom is 0.335 e. The Kier molecular flexibility index (Phi) is 8.87. The van der Waals surface area contributed by atoms with E-state index in [0.29, 0.717) is 26.2 Å². The normalized spacial score (nSPS) is 17.2. The predicted octanol–water partition coefficient (Wildman–Crippen LogP) is 1.88. The van der Waals surface area contributed by atoms with Crippen LogP contribution in [-0.4, -0.2) is 89.8 Å². The van der Waals surface area contributed by atoms with Crippen LogP contribution in [0.5, 0.6) is 0 Å². The third-order valence-corrected chi connectivity index (χ3v) is 16.3. The highest BCUT2D eigenvalue weighted by molar-refractivity contribution is 7.86. The molecule has 7 rings (SSSR count). The van der Waals surface area contributed by atoms with Crippen LogP contribution in [0.15, 0.2) is 70.5 Å². The minimum Gasteiger partial charge on any atom is -0.478 e. The van der Waals surface area contributed by atoms with E-state index in [1.54, 1.807) is 12.1 Å². The first-order valence-electron chi connectivity index (χ1n) is 17.2. The minimum atomic E-state index is -4.74. The molecule has 3 N–H and O–H groups in total. The molecule has 0 atom stereocenters. The predicted molar refractivity (Wildman–Crippen MR) is 203 cm³/mol. The van der Waals surface area contributed by atoms with Gasteiger partial charge in [-0.15, -0.1) is 0 Å². The average molecular weight is 761 g/mol. The van der Waals surface area contributed by atoms with E-state index in [2.05, 4.69) is 64.8 Å². The van der Waals surface area contributed by atoms with Crippen LogP contribution in [0.3, 0.4) is 0 Å². The van der Waals surface area contributed by atoms with Crippen LogP contribution in [-0.2, 0) is 33.2 Å². The molecule has 3 aliphatic heterocycles. The quantitative estimate of drug-likeness (QED) is 0.145. The van der Waals surface area contributed by atoms with Gasteiger partial charge in [0.2, 0.25) is 5.36 Å². The number of benzene rings is 4. The molecule has 0 bridgehead atoms. The van der Waals surface area contributed by atoms with Gasteiger partial charge in [0.15, 0.2) is 0 Å². The van der Waals surface area contributed by atoms with E-state index in [-0.39, 0.29) is 17.7 Å². The van der Waals surface area contributed by atoms with Gasteiger partial charge in [-0.25, -0.2) is 9.37 Å².